The molecule has 1 aliphatic rings. The van der Waals surface area contributed by atoms with Crippen LogP contribution in [0, 0.1) is 6.92 Å². The normalized spacial score (nSPS) is 19.7. The van der Waals surface area contributed by atoms with Crippen LogP contribution in [0.1, 0.15) is 42.8 Å². The molecule has 23 heavy (non-hydrogen) atoms. The summed E-state index contributed by atoms with van der Waals surface area (Å²) in [5.41, 5.74) is 0.754. The van der Waals surface area contributed by atoms with E-state index in [0.717, 1.165) is 11.4 Å². The molecule has 2 heterocycles. The minimum Gasteiger partial charge on any atom is -0.383 e. The van der Waals surface area contributed by atoms with Crippen molar-refractivity contribution in [1.82, 2.24) is 25.0 Å². The van der Waals surface area contributed by atoms with Gasteiger partial charge in [-0.25, -0.2) is 8.78 Å². The third-order valence-corrected chi connectivity index (χ3v) is 4.23. The van der Waals surface area contributed by atoms with Crippen molar-refractivity contribution in [1.29, 1.82) is 0 Å². The van der Waals surface area contributed by atoms with Gasteiger partial charge < -0.3 is 5.11 Å². The third kappa shape index (κ3) is 3.69. The fourth-order valence-electron chi connectivity index (χ4n) is 2.77. The first-order valence-corrected chi connectivity index (χ1v) is 7.65. The number of alkyl halides is 2. The maximum absolute atomic E-state index is 13.2. The van der Waals surface area contributed by atoms with Crippen LogP contribution in [0.3, 0.4) is 0 Å². The van der Waals surface area contributed by atoms with Crippen molar-refractivity contribution in [2.75, 3.05) is 0 Å². The Morgan fingerprint density at radius 3 is 2.65 bits per heavy atom. The molecule has 0 amide bonds. The summed E-state index contributed by atoms with van der Waals surface area (Å²) in [6.07, 6.45) is 5.00. The molecule has 0 aliphatic heterocycles. The maximum Gasteiger partial charge on any atom is 0.248 e. The molecule has 2 aromatic heterocycles. The fraction of sp³-hybridized carbons (Fsp3) is 0.600. The number of nitrogens with zero attached hydrogens (tertiary/aromatic N) is 5. The highest BCUT2D eigenvalue weighted by Crippen LogP contribution is 2.42. The molecule has 0 saturated heterocycles. The lowest BCUT2D eigenvalue weighted by Gasteiger charge is -2.34. The van der Waals surface area contributed by atoms with Crippen LogP contribution < -0.4 is 0 Å². The molecule has 0 unspecified atom stereocenters. The van der Waals surface area contributed by atoms with E-state index in [1.165, 1.54) is 0 Å². The van der Waals surface area contributed by atoms with Crippen LogP contribution in [-0.4, -0.2) is 36.0 Å². The van der Waals surface area contributed by atoms with Gasteiger partial charge in [0.05, 0.1) is 17.6 Å². The molecule has 8 heteroatoms. The van der Waals surface area contributed by atoms with Crippen LogP contribution in [0.25, 0.3) is 0 Å². The third-order valence-electron chi connectivity index (χ3n) is 4.23. The predicted octanol–water partition coefficient (Wildman–Crippen LogP) is 2.02. The first-order chi connectivity index (χ1) is 10.9. The highest BCUT2D eigenvalue weighted by molar-refractivity contribution is 5.09. The molecule has 124 valence electrons. The van der Waals surface area contributed by atoms with Gasteiger partial charge in [0, 0.05) is 38.2 Å². The van der Waals surface area contributed by atoms with Crippen molar-refractivity contribution >= 4 is 0 Å². The van der Waals surface area contributed by atoms with Gasteiger partial charge in [-0.1, -0.05) is 5.21 Å². The molecular formula is C15H19F2N5O. The Morgan fingerprint density at radius 1 is 1.22 bits per heavy atom. The number of aryl methyl sites for hydroxylation is 3. The molecule has 0 spiro atoms. The molecule has 0 aromatic carbocycles. The quantitative estimate of drug-likeness (QED) is 0.931. The van der Waals surface area contributed by atoms with Gasteiger partial charge in [-0.3, -0.25) is 14.6 Å². The zero-order valence-electron chi connectivity index (χ0n) is 12.9. The minimum absolute atomic E-state index is 0.00203. The van der Waals surface area contributed by atoms with Crippen LogP contribution in [0.4, 0.5) is 8.78 Å². The van der Waals surface area contributed by atoms with Gasteiger partial charge in [-0.05, 0) is 19.8 Å². The summed E-state index contributed by atoms with van der Waals surface area (Å²) in [5.74, 6) is -2.69. The summed E-state index contributed by atoms with van der Waals surface area (Å²) in [6, 6.07) is 0. The lowest BCUT2D eigenvalue weighted by atomic mass is 9.81. The van der Waals surface area contributed by atoms with Gasteiger partial charge in [0.25, 0.3) is 0 Å². The zero-order chi connectivity index (χ0) is 16.5. The SMILES string of the molecule is Cc1cncc(CCn2cc(C3(O)CCC(F)(F)CC3)nn2)n1. The average molecular weight is 323 g/mol. The summed E-state index contributed by atoms with van der Waals surface area (Å²) in [4.78, 5) is 8.44. The van der Waals surface area contributed by atoms with E-state index in [9.17, 15) is 13.9 Å². The Bertz CT molecular complexity index is 678. The number of halogens is 2. The smallest absolute Gasteiger partial charge is 0.248 e. The number of aromatic nitrogens is 5. The number of hydrogen-bond donors (Lipinski definition) is 1. The first kappa shape index (κ1) is 15.9. The average Bonchev–Trinajstić information content (AvgIpc) is 2.98. The Hall–Kier alpha value is -1.96. The van der Waals surface area contributed by atoms with Gasteiger partial charge in [0.1, 0.15) is 11.3 Å². The Balaban J connectivity index is 1.64. The van der Waals surface area contributed by atoms with E-state index in [1.54, 1.807) is 23.3 Å². The second-order valence-corrected chi connectivity index (χ2v) is 6.16. The summed E-state index contributed by atoms with van der Waals surface area (Å²) >= 11 is 0. The zero-order valence-corrected chi connectivity index (χ0v) is 12.9. The molecule has 3 rings (SSSR count). The molecule has 1 aliphatic carbocycles. The van der Waals surface area contributed by atoms with Crippen molar-refractivity contribution in [3.8, 4) is 0 Å². The molecule has 1 saturated carbocycles. The van der Waals surface area contributed by atoms with Gasteiger partial charge in [-0.2, -0.15) is 0 Å². The van der Waals surface area contributed by atoms with E-state index >= 15 is 0 Å². The number of hydrogen-bond acceptors (Lipinski definition) is 5. The van der Waals surface area contributed by atoms with Crippen molar-refractivity contribution < 1.29 is 13.9 Å². The van der Waals surface area contributed by atoms with Gasteiger partial charge in [0.15, 0.2) is 0 Å². The molecule has 0 atom stereocenters. The standard InChI is InChI=1S/C15H19F2N5O/c1-11-8-18-9-12(19-11)2-7-22-10-13(20-21-22)14(23)3-5-15(16,17)6-4-14/h8-10,23H,2-7H2,1H3. The molecular weight excluding hydrogens is 304 g/mol. The topological polar surface area (TPSA) is 76.7 Å². The van der Waals surface area contributed by atoms with Crippen molar-refractivity contribution in [2.24, 2.45) is 0 Å². The van der Waals surface area contributed by atoms with E-state index in [4.69, 9.17) is 0 Å². The van der Waals surface area contributed by atoms with Crippen LogP contribution in [0.15, 0.2) is 18.6 Å². The lowest BCUT2D eigenvalue weighted by molar-refractivity contribution is -0.108. The lowest BCUT2D eigenvalue weighted by Crippen LogP contribution is -2.36. The number of aliphatic hydroxyl groups is 1. The second kappa shape index (κ2) is 5.92. The van der Waals surface area contributed by atoms with Crippen molar-refractivity contribution in [3.05, 3.63) is 35.7 Å². The predicted molar refractivity (Wildman–Crippen MR) is 77.8 cm³/mol. The van der Waals surface area contributed by atoms with E-state index in [0.29, 0.717) is 18.7 Å². The van der Waals surface area contributed by atoms with E-state index in [1.807, 2.05) is 6.92 Å². The fourth-order valence-corrected chi connectivity index (χ4v) is 2.77. The molecule has 6 nitrogen and oxygen atoms in total. The Labute approximate surface area is 132 Å². The van der Waals surface area contributed by atoms with Crippen LogP contribution in [-0.2, 0) is 18.6 Å². The first-order valence-electron chi connectivity index (χ1n) is 7.65. The van der Waals surface area contributed by atoms with Gasteiger partial charge >= 0.3 is 0 Å². The largest absolute Gasteiger partial charge is 0.383 e. The Kier molecular flexibility index (Phi) is 4.09. The summed E-state index contributed by atoms with van der Waals surface area (Å²) < 4.78 is 28.1. The van der Waals surface area contributed by atoms with Crippen LogP contribution in [0.2, 0.25) is 0 Å². The molecule has 1 fully saturated rings. The highest BCUT2D eigenvalue weighted by Gasteiger charge is 2.44. The van der Waals surface area contributed by atoms with Crippen LogP contribution in [0.5, 0.6) is 0 Å². The summed E-state index contributed by atoms with van der Waals surface area (Å²) in [6.45, 7) is 2.41. The second-order valence-electron chi connectivity index (χ2n) is 6.16. The van der Waals surface area contributed by atoms with Gasteiger partial charge in [-0.15, -0.1) is 5.10 Å². The van der Waals surface area contributed by atoms with Crippen LogP contribution >= 0.6 is 0 Å². The summed E-state index contributed by atoms with van der Waals surface area (Å²) in [5, 5.41) is 18.5. The van der Waals surface area contributed by atoms with Gasteiger partial charge in [0.2, 0.25) is 5.92 Å². The van der Waals surface area contributed by atoms with E-state index in [2.05, 4.69) is 20.3 Å². The van der Waals surface area contributed by atoms with Crippen molar-refractivity contribution in [2.45, 2.75) is 57.1 Å². The van der Waals surface area contributed by atoms with E-state index < -0.39 is 11.5 Å². The molecule has 0 bridgehead atoms. The van der Waals surface area contributed by atoms with Crippen molar-refractivity contribution in [3.63, 3.8) is 0 Å². The molecule has 2 aromatic rings. The Morgan fingerprint density at radius 2 is 1.96 bits per heavy atom. The monoisotopic (exact) mass is 323 g/mol. The molecule has 1 N–H and O–H groups in total. The highest BCUT2D eigenvalue weighted by atomic mass is 19.3. The minimum atomic E-state index is -2.69. The van der Waals surface area contributed by atoms with E-state index in [-0.39, 0.29) is 25.7 Å². The maximum atomic E-state index is 13.2. The summed E-state index contributed by atoms with van der Waals surface area (Å²) in [7, 11) is 0. The number of rotatable bonds is 4. The molecule has 0 radical (unpaired) electrons.